The molecule has 0 bridgehead atoms. The van der Waals surface area contributed by atoms with Crippen LogP contribution in [0.1, 0.15) is 10.4 Å². The average molecular weight is 332 g/mol. The molecule has 0 saturated carbocycles. The monoisotopic (exact) mass is 331 g/mol. The van der Waals surface area contributed by atoms with Gasteiger partial charge in [0, 0.05) is 16.2 Å². The number of ketones is 1. The number of fused-ring (bicyclic) bond motifs is 1. The van der Waals surface area contributed by atoms with Crippen LogP contribution in [0.25, 0.3) is 10.9 Å². The number of hydrogen-bond donors (Lipinski definition) is 0. The molecule has 2 nitrogen and oxygen atoms in total. The summed E-state index contributed by atoms with van der Waals surface area (Å²) in [5.74, 6) is -0.305. The minimum Gasteiger partial charge on any atom is -0.340 e. The van der Waals surface area contributed by atoms with Gasteiger partial charge >= 0.3 is 0 Å². The number of carbonyl (C=O) groups excluding carboxylic acids is 1. The summed E-state index contributed by atoms with van der Waals surface area (Å²) in [7, 11) is 0. The van der Waals surface area contributed by atoms with Crippen LogP contribution < -0.4 is 0 Å². The van der Waals surface area contributed by atoms with Gasteiger partial charge in [-0.3, -0.25) is 4.79 Å². The van der Waals surface area contributed by atoms with E-state index in [4.69, 9.17) is 0 Å². The lowest BCUT2D eigenvalue weighted by molar-refractivity contribution is 0.0973. The molecule has 0 spiro atoms. The van der Waals surface area contributed by atoms with Crippen LogP contribution in [-0.4, -0.2) is 10.4 Å². The van der Waals surface area contributed by atoms with Gasteiger partial charge < -0.3 is 4.57 Å². The summed E-state index contributed by atoms with van der Waals surface area (Å²) in [6.07, 6.45) is 1.81. The molecule has 0 N–H and O–H groups in total. The molecule has 3 rings (SSSR count). The second kappa shape index (κ2) is 5.21. The molecule has 3 aromatic rings. The van der Waals surface area contributed by atoms with Crippen LogP contribution in [-0.2, 0) is 6.54 Å². The number of aromatic nitrogens is 1. The Hall–Kier alpha value is -1.94. The summed E-state index contributed by atoms with van der Waals surface area (Å²) in [5.41, 5.74) is 1.37. The molecule has 2 aromatic carbocycles. The van der Waals surface area contributed by atoms with Crippen molar-refractivity contribution in [1.82, 2.24) is 4.57 Å². The Morgan fingerprint density at radius 2 is 2.00 bits per heavy atom. The van der Waals surface area contributed by atoms with Gasteiger partial charge in [0.2, 0.25) is 0 Å². The fourth-order valence-corrected chi connectivity index (χ4v) is 2.60. The predicted octanol–water partition coefficient (Wildman–Crippen LogP) is 4.43. The van der Waals surface area contributed by atoms with Crippen LogP contribution in [0.5, 0.6) is 0 Å². The van der Waals surface area contributed by atoms with Crippen LogP contribution in [0.4, 0.5) is 4.39 Å². The van der Waals surface area contributed by atoms with Gasteiger partial charge in [0.15, 0.2) is 5.78 Å². The lowest BCUT2D eigenvalue weighted by Gasteiger charge is -2.05. The molecule has 0 saturated heterocycles. The van der Waals surface area contributed by atoms with Gasteiger partial charge in [-0.15, -0.1) is 0 Å². The molecule has 0 amide bonds. The molecule has 0 aliphatic heterocycles. The average Bonchev–Trinajstić information content (AvgIpc) is 2.81. The second-order valence-corrected chi connectivity index (χ2v) is 5.50. The highest BCUT2D eigenvalue weighted by molar-refractivity contribution is 9.10. The van der Waals surface area contributed by atoms with E-state index in [0.29, 0.717) is 5.56 Å². The summed E-state index contributed by atoms with van der Waals surface area (Å²) < 4.78 is 15.9. The van der Waals surface area contributed by atoms with Gasteiger partial charge in [0.1, 0.15) is 5.82 Å². The topological polar surface area (TPSA) is 22.0 Å². The maximum atomic E-state index is 13.3. The number of hydrogen-bond acceptors (Lipinski definition) is 1. The number of benzene rings is 2. The van der Waals surface area contributed by atoms with Crippen molar-refractivity contribution in [2.24, 2.45) is 0 Å². The largest absolute Gasteiger partial charge is 0.340 e. The first-order valence-electron chi connectivity index (χ1n) is 6.17. The first kappa shape index (κ1) is 13.1. The zero-order chi connectivity index (χ0) is 14.1. The molecule has 4 heteroatoms. The third-order valence-corrected chi connectivity index (χ3v) is 3.69. The summed E-state index contributed by atoms with van der Waals surface area (Å²) in [6.45, 7) is 0.198. The number of carbonyl (C=O) groups is 1. The van der Waals surface area contributed by atoms with Crippen molar-refractivity contribution in [1.29, 1.82) is 0 Å². The van der Waals surface area contributed by atoms with Crippen LogP contribution in [0, 0.1) is 5.82 Å². The maximum absolute atomic E-state index is 13.3. The molecule has 1 heterocycles. The Morgan fingerprint density at radius 1 is 1.15 bits per heavy atom. The van der Waals surface area contributed by atoms with Crippen molar-refractivity contribution in [3.63, 3.8) is 0 Å². The molecule has 100 valence electrons. The Kier molecular flexibility index (Phi) is 3.40. The van der Waals surface area contributed by atoms with Crippen molar-refractivity contribution in [3.05, 3.63) is 70.6 Å². The molecule has 0 aliphatic rings. The summed E-state index contributed by atoms with van der Waals surface area (Å²) >= 11 is 3.35. The minimum atomic E-state index is -0.299. The quantitative estimate of drug-likeness (QED) is 0.651. The zero-order valence-corrected chi connectivity index (χ0v) is 12.1. The Labute approximate surface area is 124 Å². The summed E-state index contributed by atoms with van der Waals surface area (Å²) in [4.78, 5) is 12.3. The summed E-state index contributed by atoms with van der Waals surface area (Å²) in [6, 6.07) is 13.7. The van der Waals surface area contributed by atoms with E-state index in [1.807, 2.05) is 18.2 Å². The van der Waals surface area contributed by atoms with E-state index in [1.165, 1.54) is 12.1 Å². The van der Waals surface area contributed by atoms with Gasteiger partial charge in [-0.05, 0) is 41.8 Å². The number of nitrogens with zero attached hydrogens (tertiary/aromatic N) is 1. The Morgan fingerprint density at radius 3 is 2.80 bits per heavy atom. The third-order valence-electron chi connectivity index (χ3n) is 3.20. The second-order valence-electron chi connectivity index (χ2n) is 4.58. The first-order valence-corrected chi connectivity index (χ1v) is 6.96. The molecule has 0 aliphatic carbocycles. The normalized spacial score (nSPS) is 10.9. The van der Waals surface area contributed by atoms with Crippen LogP contribution in [0.3, 0.4) is 0 Å². The zero-order valence-electron chi connectivity index (χ0n) is 10.5. The van der Waals surface area contributed by atoms with Gasteiger partial charge in [-0.2, -0.15) is 0 Å². The van der Waals surface area contributed by atoms with E-state index in [1.54, 1.807) is 29.0 Å². The van der Waals surface area contributed by atoms with Gasteiger partial charge in [0.05, 0.1) is 12.1 Å². The van der Waals surface area contributed by atoms with Crippen molar-refractivity contribution in [2.45, 2.75) is 6.54 Å². The Balaban J connectivity index is 1.93. The molecule has 0 fully saturated rings. The van der Waals surface area contributed by atoms with Crippen molar-refractivity contribution in [2.75, 3.05) is 0 Å². The van der Waals surface area contributed by atoms with Gasteiger partial charge in [-0.25, -0.2) is 4.39 Å². The third kappa shape index (κ3) is 2.51. The summed E-state index contributed by atoms with van der Waals surface area (Å²) in [5, 5.41) is 0.924. The first-order chi connectivity index (χ1) is 9.63. The highest BCUT2D eigenvalue weighted by Gasteiger charge is 2.09. The molecular weight excluding hydrogens is 321 g/mol. The number of Topliss-reactive ketones (excluding diaryl/α,β-unsaturated/α-hetero) is 1. The molecule has 0 atom stereocenters. The predicted molar refractivity (Wildman–Crippen MR) is 80.4 cm³/mol. The molecule has 20 heavy (non-hydrogen) atoms. The lowest BCUT2D eigenvalue weighted by Crippen LogP contribution is -2.09. The number of rotatable bonds is 3. The standard InChI is InChI=1S/C16H11BrFNO/c17-13-3-1-2-12(8-13)16(20)10-19-7-6-11-4-5-14(18)9-15(11)19/h1-9H,10H2. The SMILES string of the molecule is O=C(Cn1ccc2ccc(F)cc21)c1cccc(Br)c1. The maximum Gasteiger partial charge on any atom is 0.182 e. The fourth-order valence-electron chi connectivity index (χ4n) is 2.20. The molecule has 0 unspecified atom stereocenters. The van der Waals surface area contributed by atoms with E-state index in [2.05, 4.69) is 15.9 Å². The van der Waals surface area contributed by atoms with E-state index in [-0.39, 0.29) is 18.1 Å². The van der Waals surface area contributed by atoms with Gasteiger partial charge in [0.25, 0.3) is 0 Å². The van der Waals surface area contributed by atoms with Crippen LogP contribution >= 0.6 is 15.9 Å². The van der Waals surface area contributed by atoms with Crippen LogP contribution in [0.2, 0.25) is 0 Å². The van der Waals surface area contributed by atoms with E-state index in [0.717, 1.165) is 15.4 Å². The number of halogens is 2. The molecule has 1 aromatic heterocycles. The van der Waals surface area contributed by atoms with Crippen molar-refractivity contribution in [3.8, 4) is 0 Å². The van der Waals surface area contributed by atoms with E-state index in [9.17, 15) is 9.18 Å². The van der Waals surface area contributed by atoms with E-state index < -0.39 is 0 Å². The fraction of sp³-hybridized carbons (Fsp3) is 0.0625. The minimum absolute atomic E-state index is 0.00642. The Bertz CT molecular complexity index is 794. The van der Waals surface area contributed by atoms with Gasteiger partial charge in [-0.1, -0.05) is 28.1 Å². The van der Waals surface area contributed by atoms with E-state index >= 15 is 0 Å². The lowest BCUT2D eigenvalue weighted by atomic mass is 10.1. The molecule has 0 radical (unpaired) electrons. The van der Waals surface area contributed by atoms with Crippen molar-refractivity contribution < 1.29 is 9.18 Å². The highest BCUT2D eigenvalue weighted by Crippen LogP contribution is 2.18. The van der Waals surface area contributed by atoms with Crippen molar-refractivity contribution >= 4 is 32.6 Å². The van der Waals surface area contributed by atoms with Crippen LogP contribution in [0.15, 0.2) is 59.2 Å². The highest BCUT2D eigenvalue weighted by atomic mass is 79.9. The molecular formula is C16H11BrFNO. The smallest absolute Gasteiger partial charge is 0.182 e.